The quantitative estimate of drug-likeness (QED) is 0.607. The van der Waals surface area contributed by atoms with Crippen molar-refractivity contribution >= 4 is 23.4 Å². The lowest BCUT2D eigenvalue weighted by Gasteiger charge is -2.18. The maximum absolute atomic E-state index is 12.8. The zero-order valence-corrected chi connectivity index (χ0v) is 16.7. The van der Waals surface area contributed by atoms with E-state index in [-0.39, 0.29) is 11.9 Å². The van der Waals surface area contributed by atoms with E-state index < -0.39 is 0 Å². The number of carbonyl (C=O) groups is 1. The van der Waals surface area contributed by atoms with Gasteiger partial charge >= 0.3 is 0 Å². The van der Waals surface area contributed by atoms with Crippen molar-refractivity contribution in [1.29, 1.82) is 0 Å². The monoisotopic (exact) mass is 383 g/mol. The van der Waals surface area contributed by atoms with Crippen LogP contribution in [0.4, 0.5) is 5.69 Å². The van der Waals surface area contributed by atoms with Crippen LogP contribution in [-0.2, 0) is 4.79 Å². The lowest BCUT2D eigenvalue weighted by molar-refractivity contribution is -0.119. The number of nitrogens with zero attached hydrogens (tertiary/aromatic N) is 3. The number of hydrogen-bond acceptors (Lipinski definition) is 4. The third kappa shape index (κ3) is 4.80. The summed E-state index contributed by atoms with van der Waals surface area (Å²) in [5, 5.41) is 10.3. The number of carbonyl (C=O) groups excluding carboxylic acids is 1. The number of aromatic amines is 1. The standard InChI is InChI=1S/C20H25N5OS/c1-14(2)18-22-19(24-23-18)15-6-8-16(9-7-15)21-20(26)17(10-13-27-3)25-11-4-5-12-25/h4-9,11-12,14,17H,10,13H2,1-3H3,(H,21,26)(H,22,23,24). The zero-order valence-electron chi connectivity index (χ0n) is 15.8. The predicted octanol–water partition coefficient (Wildman–Crippen LogP) is 4.33. The van der Waals surface area contributed by atoms with Crippen molar-refractivity contribution in [2.45, 2.75) is 32.2 Å². The lowest BCUT2D eigenvalue weighted by Crippen LogP contribution is -2.25. The van der Waals surface area contributed by atoms with Gasteiger partial charge in [0, 0.05) is 29.6 Å². The predicted molar refractivity (Wildman–Crippen MR) is 111 cm³/mol. The Kier molecular flexibility index (Phi) is 6.34. The lowest BCUT2D eigenvalue weighted by atomic mass is 10.1. The van der Waals surface area contributed by atoms with Crippen molar-refractivity contribution in [3.63, 3.8) is 0 Å². The smallest absolute Gasteiger partial charge is 0.247 e. The van der Waals surface area contributed by atoms with E-state index >= 15 is 0 Å². The van der Waals surface area contributed by atoms with Gasteiger partial charge in [0.05, 0.1) is 0 Å². The Balaban J connectivity index is 1.70. The molecule has 0 saturated carbocycles. The molecule has 1 amide bonds. The first kappa shape index (κ1) is 19.2. The summed E-state index contributed by atoms with van der Waals surface area (Å²) in [5.74, 6) is 2.76. The van der Waals surface area contributed by atoms with E-state index in [1.165, 1.54) is 0 Å². The Morgan fingerprint density at radius 1 is 1.22 bits per heavy atom. The average molecular weight is 384 g/mol. The number of rotatable bonds is 8. The van der Waals surface area contributed by atoms with Gasteiger partial charge in [0.15, 0.2) is 5.82 Å². The molecule has 0 aliphatic carbocycles. The number of nitrogens with one attached hydrogen (secondary N) is 2. The Bertz CT molecular complexity index is 855. The van der Waals surface area contributed by atoms with Crippen molar-refractivity contribution in [2.75, 3.05) is 17.3 Å². The molecular formula is C20H25N5OS. The van der Waals surface area contributed by atoms with Crippen molar-refractivity contribution < 1.29 is 4.79 Å². The fourth-order valence-electron chi connectivity index (χ4n) is 2.79. The first-order valence-corrected chi connectivity index (χ1v) is 10.4. The molecule has 142 valence electrons. The van der Waals surface area contributed by atoms with E-state index in [9.17, 15) is 4.79 Å². The van der Waals surface area contributed by atoms with E-state index in [2.05, 4.69) is 40.6 Å². The van der Waals surface area contributed by atoms with Gasteiger partial charge in [0.1, 0.15) is 11.9 Å². The molecule has 1 unspecified atom stereocenters. The highest BCUT2D eigenvalue weighted by Crippen LogP contribution is 2.22. The van der Waals surface area contributed by atoms with Gasteiger partial charge in [-0.05, 0) is 54.8 Å². The number of anilines is 1. The molecule has 1 aromatic carbocycles. The second-order valence-electron chi connectivity index (χ2n) is 6.69. The van der Waals surface area contributed by atoms with Crippen LogP contribution in [0.3, 0.4) is 0 Å². The van der Waals surface area contributed by atoms with Crippen LogP contribution < -0.4 is 5.32 Å². The largest absolute Gasteiger partial charge is 0.342 e. The molecule has 0 fully saturated rings. The molecule has 3 rings (SSSR count). The Hall–Kier alpha value is -2.54. The van der Waals surface area contributed by atoms with Crippen LogP contribution in [0.1, 0.15) is 38.1 Å². The molecule has 0 saturated heterocycles. The number of aromatic nitrogens is 4. The highest BCUT2D eigenvalue weighted by Gasteiger charge is 2.19. The third-order valence-corrected chi connectivity index (χ3v) is 4.99. The number of hydrogen-bond donors (Lipinski definition) is 2. The SMILES string of the molecule is CSCCC(C(=O)Nc1ccc(-c2n[nH]c(C(C)C)n2)cc1)n1cccc1. The average Bonchev–Trinajstić information content (AvgIpc) is 3.35. The summed E-state index contributed by atoms with van der Waals surface area (Å²) in [7, 11) is 0. The molecule has 0 aliphatic heterocycles. The summed E-state index contributed by atoms with van der Waals surface area (Å²) >= 11 is 1.74. The van der Waals surface area contributed by atoms with Crippen molar-refractivity contribution in [3.05, 3.63) is 54.6 Å². The summed E-state index contributed by atoms with van der Waals surface area (Å²) in [5.41, 5.74) is 1.69. The molecule has 6 nitrogen and oxygen atoms in total. The summed E-state index contributed by atoms with van der Waals surface area (Å²) in [6.07, 6.45) is 6.71. The summed E-state index contributed by atoms with van der Waals surface area (Å²) in [4.78, 5) is 17.3. The molecule has 2 aromatic heterocycles. The summed E-state index contributed by atoms with van der Waals surface area (Å²) in [6.45, 7) is 4.14. The van der Waals surface area contributed by atoms with E-state index in [0.29, 0.717) is 11.7 Å². The van der Waals surface area contributed by atoms with Gasteiger partial charge in [-0.15, -0.1) is 0 Å². The molecule has 2 N–H and O–H groups in total. The molecule has 3 aromatic rings. The van der Waals surface area contributed by atoms with Gasteiger partial charge in [-0.2, -0.15) is 16.9 Å². The van der Waals surface area contributed by atoms with Crippen LogP contribution in [0.25, 0.3) is 11.4 Å². The van der Waals surface area contributed by atoms with Crippen LogP contribution in [-0.4, -0.2) is 37.7 Å². The van der Waals surface area contributed by atoms with E-state index in [0.717, 1.165) is 29.2 Å². The molecule has 2 heterocycles. The van der Waals surface area contributed by atoms with E-state index in [1.807, 2.05) is 53.4 Å². The van der Waals surface area contributed by atoms with Crippen molar-refractivity contribution in [1.82, 2.24) is 19.7 Å². The topological polar surface area (TPSA) is 75.6 Å². The highest BCUT2D eigenvalue weighted by molar-refractivity contribution is 7.98. The molecule has 0 spiro atoms. The van der Waals surface area contributed by atoms with Crippen molar-refractivity contribution in [2.24, 2.45) is 0 Å². The first-order valence-electron chi connectivity index (χ1n) is 9.03. The van der Waals surface area contributed by atoms with E-state index in [4.69, 9.17) is 0 Å². The number of benzene rings is 1. The molecule has 0 bridgehead atoms. The van der Waals surface area contributed by atoms with Gasteiger partial charge < -0.3 is 9.88 Å². The maximum Gasteiger partial charge on any atom is 0.247 e. The van der Waals surface area contributed by atoms with Crippen LogP contribution in [0.5, 0.6) is 0 Å². The summed E-state index contributed by atoms with van der Waals surface area (Å²) < 4.78 is 1.96. The number of thioether (sulfide) groups is 1. The highest BCUT2D eigenvalue weighted by atomic mass is 32.2. The molecular weight excluding hydrogens is 358 g/mol. The molecule has 1 atom stereocenters. The van der Waals surface area contributed by atoms with E-state index in [1.54, 1.807) is 11.8 Å². The number of H-pyrrole nitrogens is 1. The van der Waals surface area contributed by atoms with Crippen LogP contribution in [0, 0.1) is 0 Å². The molecule has 0 radical (unpaired) electrons. The molecule has 0 aliphatic rings. The zero-order chi connectivity index (χ0) is 19.2. The Morgan fingerprint density at radius 2 is 1.93 bits per heavy atom. The third-order valence-electron chi connectivity index (χ3n) is 4.35. The second-order valence-corrected chi connectivity index (χ2v) is 7.68. The van der Waals surface area contributed by atoms with Crippen LogP contribution in [0.2, 0.25) is 0 Å². The minimum Gasteiger partial charge on any atom is -0.342 e. The van der Waals surface area contributed by atoms with Gasteiger partial charge in [-0.1, -0.05) is 13.8 Å². The number of amides is 1. The van der Waals surface area contributed by atoms with Gasteiger partial charge in [0.2, 0.25) is 5.91 Å². The van der Waals surface area contributed by atoms with Gasteiger partial charge in [-0.3, -0.25) is 9.89 Å². The minimum absolute atomic E-state index is 0.00649. The second kappa shape index (κ2) is 8.90. The minimum atomic E-state index is -0.214. The van der Waals surface area contributed by atoms with Gasteiger partial charge in [0.25, 0.3) is 0 Å². The van der Waals surface area contributed by atoms with Crippen molar-refractivity contribution in [3.8, 4) is 11.4 Å². The fraction of sp³-hybridized carbons (Fsp3) is 0.350. The molecule has 27 heavy (non-hydrogen) atoms. The Morgan fingerprint density at radius 3 is 2.52 bits per heavy atom. The Labute approximate surface area is 163 Å². The van der Waals surface area contributed by atoms with Gasteiger partial charge in [-0.25, -0.2) is 4.98 Å². The first-order chi connectivity index (χ1) is 13.1. The summed E-state index contributed by atoms with van der Waals surface area (Å²) in [6, 6.07) is 11.3. The maximum atomic E-state index is 12.8. The fourth-order valence-corrected chi connectivity index (χ4v) is 3.25. The normalized spacial score (nSPS) is 12.3. The van der Waals surface area contributed by atoms with Crippen LogP contribution in [0.15, 0.2) is 48.8 Å². The molecule has 7 heteroatoms. The van der Waals surface area contributed by atoms with Crippen LogP contribution >= 0.6 is 11.8 Å².